The molecule has 3 rings (SSSR count). The Morgan fingerprint density at radius 1 is 1.15 bits per heavy atom. The SMILES string of the molecule is Cc1c(Cl)cccc1NC(=O)[C@@H](C)OC(=O)c1cc(Cl)c2c(c1)OCCO2. The number of hydrogen-bond donors (Lipinski definition) is 1. The number of esters is 1. The number of carbonyl (C=O) groups excluding carboxylic acids is 2. The number of hydrogen-bond acceptors (Lipinski definition) is 5. The second-order valence-corrected chi connectivity index (χ2v) is 6.75. The van der Waals surface area contributed by atoms with Gasteiger partial charge in [-0.05, 0) is 43.7 Å². The van der Waals surface area contributed by atoms with Crippen molar-refractivity contribution in [2.24, 2.45) is 0 Å². The van der Waals surface area contributed by atoms with Crippen molar-refractivity contribution in [1.82, 2.24) is 0 Å². The summed E-state index contributed by atoms with van der Waals surface area (Å²) in [5.41, 5.74) is 1.45. The van der Waals surface area contributed by atoms with Crippen molar-refractivity contribution < 1.29 is 23.8 Å². The molecule has 142 valence electrons. The molecule has 1 atom stereocenters. The highest BCUT2D eigenvalue weighted by molar-refractivity contribution is 6.32. The lowest BCUT2D eigenvalue weighted by atomic mass is 10.2. The molecule has 1 heterocycles. The van der Waals surface area contributed by atoms with Gasteiger partial charge >= 0.3 is 5.97 Å². The molecule has 2 aromatic carbocycles. The lowest BCUT2D eigenvalue weighted by molar-refractivity contribution is -0.123. The Morgan fingerprint density at radius 2 is 1.89 bits per heavy atom. The number of halogens is 2. The molecular formula is C19H17Cl2NO5. The molecule has 0 saturated heterocycles. The second kappa shape index (κ2) is 8.06. The maximum atomic E-state index is 12.4. The predicted octanol–water partition coefficient (Wildman–Crippen LogP) is 4.26. The first-order chi connectivity index (χ1) is 12.9. The number of ether oxygens (including phenoxy) is 3. The fourth-order valence-electron chi connectivity index (χ4n) is 2.49. The van der Waals surface area contributed by atoms with Crippen LogP contribution in [0, 0.1) is 6.92 Å². The zero-order valence-corrected chi connectivity index (χ0v) is 16.2. The van der Waals surface area contributed by atoms with Crippen molar-refractivity contribution in [3.63, 3.8) is 0 Å². The van der Waals surface area contributed by atoms with Gasteiger partial charge in [0, 0.05) is 10.7 Å². The van der Waals surface area contributed by atoms with Crippen molar-refractivity contribution in [2.75, 3.05) is 18.5 Å². The van der Waals surface area contributed by atoms with Gasteiger partial charge in [0.15, 0.2) is 17.6 Å². The Balaban J connectivity index is 1.69. The molecule has 1 aliphatic rings. The van der Waals surface area contributed by atoms with E-state index in [9.17, 15) is 9.59 Å². The summed E-state index contributed by atoms with van der Waals surface area (Å²) >= 11 is 12.2. The first-order valence-corrected chi connectivity index (χ1v) is 8.98. The van der Waals surface area contributed by atoms with Crippen molar-refractivity contribution in [2.45, 2.75) is 20.0 Å². The highest BCUT2D eigenvalue weighted by atomic mass is 35.5. The second-order valence-electron chi connectivity index (χ2n) is 5.93. The Kier molecular flexibility index (Phi) is 5.77. The van der Waals surface area contributed by atoms with E-state index in [1.165, 1.54) is 19.1 Å². The van der Waals surface area contributed by atoms with Crippen LogP contribution < -0.4 is 14.8 Å². The molecule has 1 amide bonds. The summed E-state index contributed by atoms with van der Waals surface area (Å²) in [4.78, 5) is 24.7. The Bertz CT molecular complexity index is 900. The number of nitrogens with one attached hydrogen (secondary N) is 1. The lowest BCUT2D eigenvalue weighted by Crippen LogP contribution is -2.30. The van der Waals surface area contributed by atoms with E-state index in [1.807, 2.05) is 0 Å². The topological polar surface area (TPSA) is 73.9 Å². The number of anilines is 1. The monoisotopic (exact) mass is 409 g/mol. The van der Waals surface area contributed by atoms with Gasteiger partial charge in [0.25, 0.3) is 5.91 Å². The highest BCUT2D eigenvalue weighted by Crippen LogP contribution is 2.38. The van der Waals surface area contributed by atoms with Crippen LogP contribution in [0.15, 0.2) is 30.3 Å². The molecule has 0 fully saturated rings. The first kappa shape index (κ1) is 19.3. The molecule has 0 bridgehead atoms. The molecule has 0 spiro atoms. The van der Waals surface area contributed by atoms with E-state index in [0.29, 0.717) is 35.4 Å². The lowest BCUT2D eigenvalue weighted by Gasteiger charge is -2.20. The van der Waals surface area contributed by atoms with E-state index < -0.39 is 18.0 Å². The zero-order chi connectivity index (χ0) is 19.6. The molecule has 0 aliphatic carbocycles. The molecular weight excluding hydrogens is 393 g/mol. The minimum Gasteiger partial charge on any atom is -0.486 e. The summed E-state index contributed by atoms with van der Waals surface area (Å²) in [6, 6.07) is 8.06. The third-order valence-corrected chi connectivity index (χ3v) is 4.70. The quantitative estimate of drug-likeness (QED) is 0.763. The standard InChI is InChI=1S/C19H17Cl2NO5/c1-10-13(20)4-3-5-15(10)22-18(23)11(2)27-19(24)12-8-14(21)17-16(9-12)25-6-7-26-17/h3-5,8-9,11H,6-7H2,1-2H3,(H,22,23)/t11-/m1/s1. The predicted molar refractivity (Wildman–Crippen MR) is 102 cm³/mol. The van der Waals surface area contributed by atoms with Crippen molar-refractivity contribution in [3.05, 3.63) is 51.5 Å². The maximum Gasteiger partial charge on any atom is 0.339 e. The highest BCUT2D eigenvalue weighted by Gasteiger charge is 2.23. The molecule has 0 radical (unpaired) electrons. The first-order valence-electron chi connectivity index (χ1n) is 8.23. The summed E-state index contributed by atoms with van der Waals surface area (Å²) in [7, 11) is 0. The van der Waals surface area contributed by atoms with Crippen LogP contribution in [0.3, 0.4) is 0 Å². The van der Waals surface area contributed by atoms with E-state index in [2.05, 4.69) is 5.32 Å². The van der Waals surface area contributed by atoms with Crippen molar-refractivity contribution in [3.8, 4) is 11.5 Å². The van der Waals surface area contributed by atoms with Crippen LogP contribution in [-0.2, 0) is 9.53 Å². The van der Waals surface area contributed by atoms with Gasteiger partial charge in [-0.15, -0.1) is 0 Å². The molecule has 2 aromatic rings. The van der Waals surface area contributed by atoms with Crippen molar-refractivity contribution >= 4 is 40.8 Å². The third-order valence-electron chi connectivity index (χ3n) is 4.01. The summed E-state index contributed by atoms with van der Waals surface area (Å²) in [6.45, 7) is 4.01. The van der Waals surface area contributed by atoms with Crippen LogP contribution in [-0.4, -0.2) is 31.2 Å². The van der Waals surface area contributed by atoms with Gasteiger partial charge in [-0.3, -0.25) is 4.79 Å². The molecule has 1 N–H and O–H groups in total. The fraction of sp³-hybridized carbons (Fsp3) is 0.263. The van der Waals surface area contributed by atoms with Gasteiger partial charge in [0.1, 0.15) is 13.2 Å². The Morgan fingerprint density at radius 3 is 2.67 bits per heavy atom. The van der Waals surface area contributed by atoms with Gasteiger partial charge in [-0.1, -0.05) is 29.3 Å². The van der Waals surface area contributed by atoms with E-state index in [4.69, 9.17) is 37.4 Å². The minimum atomic E-state index is -1.03. The maximum absolute atomic E-state index is 12.4. The number of rotatable bonds is 4. The summed E-state index contributed by atoms with van der Waals surface area (Å²) in [6.07, 6.45) is -1.03. The molecule has 8 heteroatoms. The molecule has 6 nitrogen and oxygen atoms in total. The Labute approximate surface area is 166 Å². The van der Waals surface area contributed by atoms with Gasteiger partial charge < -0.3 is 19.5 Å². The number of amides is 1. The van der Waals surface area contributed by atoms with Gasteiger partial charge in [-0.25, -0.2) is 4.79 Å². The normalized spacial score (nSPS) is 13.6. The molecule has 0 unspecified atom stereocenters. The van der Waals surface area contributed by atoms with E-state index in [1.54, 1.807) is 25.1 Å². The molecule has 1 aliphatic heterocycles. The number of benzene rings is 2. The van der Waals surface area contributed by atoms with Crippen LogP contribution in [0.1, 0.15) is 22.8 Å². The molecule has 0 saturated carbocycles. The van der Waals surface area contributed by atoms with Gasteiger partial charge in [-0.2, -0.15) is 0 Å². The molecule has 0 aromatic heterocycles. The average molecular weight is 410 g/mol. The largest absolute Gasteiger partial charge is 0.486 e. The van der Waals surface area contributed by atoms with Crippen LogP contribution in [0.2, 0.25) is 10.0 Å². The molecule has 27 heavy (non-hydrogen) atoms. The Hall–Kier alpha value is -2.44. The van der Waals surface area contributed by atoms with E-state index >= 15 is 0 Å². The van der Waals surface area contributed by atoms with Gasteiger partial charge in [0.05, 0.1) is 10.6 Å². The summed E-state index contributed by atoms with van der Waals surface area (Å²) in [5, 5.41) is 3.47. The van der Waals surface area contributed by atoms with Crippen LogP contribution in [0.4, 0.5) is 5.69 Å². The van der Waals surface area contributed by atoms with E-state index in [0.717, 1.165) is 5.56 Å². The van der Waals surface area contributed by atoms with Crippen LogP contribution in [0.25, 0.3) is 0 Å². The number of carbonyl (C=O) groups is 2. The number of fused-ring (bicyclic) bond motifs is 1. The zero-order valence-electron chi connectivity index (χ0n) is 14.7. The van der Waals surface area contributed by atoms with Crippen LogP contribution >= 0.6 is 23.2 Å². The summed E-state index contributed by atoms with van der Waals surface area (Å²) < 4.78 is 16.1. The fourth-order valence-corrected chi connectivity index (χ4v) is 2.93. The minimum absolute atomic E-state index is 0.169. The third kappa shape index (κ3) is 4.28. The summed E-state index contributed by atoms with van der Waals surface area (Å²) in [5.74, 6) is -0.411. The van der Waals surface area contributed by atoms with Gasteiger partial charge in [0.2, 0.25) is 0 Å². The van der Waals surface area contributed by atoms with E-state index in [-0.39, 0.29) is 10.6 Å². The van der Waals surface area contributed by atoms with Crippen LogP contribution in [0.5, 0.6) is 11.5 Å². The smallest absolute Gasteiger partial charge is 0.339 e. The average Bonchev–Trinajstić information content (AvgIpc) is 2.65. The van der Waals surface area contributed by atoms with Crippen molar-refractivity contribution in [1.29, 1.82) is 0 Å².